The second-order valence-corrected chi connectivity index (χ2v) is 6.74. The first kappa shape index (κ1) is 19.6. The maximum Gasteiger partial charge on any atom is 0.387 e. The summed E-state index contributed by atoms with van der Waals surface area (Å²) in [6.07, 6.45) is 1.72. The standard InChI is InChI=1S/C18H26F2N2O3/c1-12-8-14(16(9-13(12)2)25-18(19)20)10-22-6-4-15(5-7-22)21(3)11-17(23)24/h8-9,15,18H,4-7,10-11H2,1-3H3,(H,23,24). The molecule has 2 rings (SSSR count). The van der Waals surface area contributed by atoms with Crippen molar-refractivity contribution in [3.8, 4) is 5.75 Å². The normalized spacial score (nSPS) is 16.6. The number of hydrogen-bond acceptors (Lipinski definition) is 4. The fourth-order valence-corrected chi connectivity index (χ4v) is 3.28. The van der Waals surface area contributed by atoms with Gasteiger partial charge in [0, 0.05) is 18.2 Å². The van der Waals surface area contributed by atoms with Crippen LogP contribution in [0.25, 0.3) is 0 Å². The molecule has 0 radical (unpaired) electrons. The zero-order valence-corrected chi connectivity index (χ0v) is 15.0. The van der Waals surface area contributed by atoms with Crippen LogP contribution in [0.15, 0.2) is 12.1 Å². The zero-order chi connectivity index (χ0) is 18.6. The SMILES string of the molecule is Cc1cc(CN2CCC(N(C)CC(=O)O)CC2)c(OC(F)F)cc1C. The number of aliphatic carboxylic acids is 1. The van der Waals surface area contributed by atoms with Crippen LogP contribution >= 0.6 is 0 Å². The maximum atomic E-state index is 12.7. The van der Waals surface area contributed by atoms with Crippen LogP contribution in [-0.2, 0) is 11.3 Å². The lowest BCUT2D eigenvalue weighted by Crippen LogP contribution is -2.44. The van der Waals surface area contributed by atoms with Gasteiger partial charge in [-0.15, -0.1) is 0 Å². The average molecular weight is 356 g/mol. The number of carboxylic acids is 1. The molecule has 140 valence electrons. The van der Waals surface area contributed by atoms with Gasteiger partial charge in [0.15, 0.2) is 0 Å². The van der Waals surface area contributed by atoms with Gasteiger partial charge >= 0.3 is 12.6 Å². The highest BCUT2D eigenvalue weighted by molar-refractivity contribution is 5.69. The van der Waals surface area contributed by atoms with Crippen LogP contribution in [0.4, 0.5) is 8.78 Å². The lowest BCUT2D eigenvalue weighted by atomic mass is 10.0. The third-order valence-electron chi connectivity index (χ3n) is 4.85. The molecule has 1 saturated heterocycles. The Morgan fingerprint density at radius 3 is 2.48 bits per heavy atom. The Morgan fingerprint density at radius 1 is 1.32 bits per heavy atom. The number of hydrogen-bond donors (Lipinski definition) is 1. The number of benzene rings is 1. The Labute approximate surface area is 147 Å². The van der Waals surface area contributed by atoms with Crippen molar-refractivity contribution in [2.45, 2.75) is 45.9 Å². The van der Waals surface area contributed by atoms with Gasteiger partial charge in [-0.2, -0.15) is 8.78 Å². The molecule has 1 aliphatic rings. The number of alkyl halides is 2. The van der Waals surface area contributed by atoms with Crippen LogP contribution in [0.2, 0.25) is 0 Å². The number of aryl methyl sites for hydroxylation is 2. The Morgan fingerprint density at radius 2 is 1.92 bits per heavy atom. The number of halogens is 2. The van der Waals surface area contributed by atoms with Crippen LogP contribution in [0.5, 0.6) is 5.75 Å². The van der Waals surface area contributed by atoms with Crippen molar-refractivity contribution in [2.24, 2.45) is 0 Å². The molecule has 1 fully saturated rings. The van der Waals surface area contributed by atoms with Gasteiger partial charge in [0.05, 0.1) is 6.54 Å². The van der Waals surface area contributed by atoms with E-state index in [9.17, 15) is 13.6 Å². The van der Waals surface area contributed by atoms with Crippen molar-refractivity contribution in [1.29, 1.82) is 0 Å². The highest BCUT2D eigenvalue weighted by Gasteiger charge is 2.24. The van der Waals surface area contributed by atoms with Gasteiger partial charge in [0.1, 0.15) is 5.75 Å². The first-order valence-corrected chi connectivity index (χ1v) is 8.45. The van der Waals surface area contributed by atoms with E-state index in [1.165, 1.54) is 0 Å². The van der Waals surface area contributed by atoms with Gasteiger partial charge in [0.25, 0.3) is 0 Å². The van der Waals surface area contributed by atoms with E-state index in [4.69, 9.17) is 9.84 Å². The third-order valence-corrected chi connectivity index (χ3v) is 4.85. The summed E-state index contributed by atoms with van der Waals surface area (Å²) in [5.41, 5.74) is 2.74. The molecule has 0 atom stereocenters. The number of likely N-dealkylation sites (tertiary alicyclic amines) is 1. The molecule has 1 aromatic rings. The summed E-state index contributed by atoms with van der Waals surface area (Å²) in [6.45, 7) is 3.19. The third kappa shape index (κ3) is 5.64. The molecule has 25 heavy (non-hydrogen) atoms. The van der Waals surface area contributed by atoms with E-state index in [0.717, 1.165) is 42.6 Å². The van der Waals surface area contributed by atoms with E-state index in [-0.39, 0.29) is 18.3 Å². The van der Waals surface area contributed by atoms with E-state index >= 15 is 0 Å². The van der Waals surface area contributed by atoms with Crippen LogP contribution in [-0.4, -0.2) is 60.2 Å². The minimum absolute atomic E-state index is 0.0359. The first-order chi connectivity index (χ1) is 11.8. The molecule has 0 saturated carbocycles. The van der Waals surface area contributed by atoms with Crippen molar-refractivity contribution in [2.75, 3.05) is 26.7 Å². The van der Waals surface area contributed by atoms with E-state index in [2.05, 4.69) is 4.90 Å². The van der Waals surface area contributed by atoms with Gasteiger partial charge in [-0.05, 0) is 64.0 Å². The topological polar surface area (TPSA) is 53.0 Å². The second-order valence-electron chi connectivity index (χ2n) is 6.74. The molecule has 0 unspecified atom stereocenters. The summed E-state index contributed by atoms with van der Waals surface area (Å²) >= 11 is 0. The minimum Gasteiger partial charge on any atom is -0.480 e. The molecule has 0 spiro atoms. The van der Waals surface area contributed by atoms with Gasteiger partial charge in [-0.1, -0.05) is 6.07 Å². The molecule has 5 nitrogen and oxygen atoms in total. The van der Waals surface area contributed by atoms with Crippen molar-refractivity contribution < 1.29 is 23.4 Å². The smallest absolute Gasteiger partial charge is 0.387 e. The number of nitrogens with zero attached hydrogens (tertiary/aromatic N) is 2. The van der Waals surface area contributed by atoms with Crippen molar-refractivity contribution in [3.63, 3.8) is 0 Å². The van der Waals surface area contributed by atoms with Crippen LogP contribution in [0, 0.1) is 13.8 Å². The van der Waals surface area contributed by atoms with Gasteiger partial charge in [0.2, 0.25) is 0 Å². The highest BCUT2D eigenvalue weighted by atomic mass is 19.3. The monoisotopic (exact) mass is 356 g/mol. The lowest BCUT2D eigenvalue weighted by molar-refractivity contribution is -0.138. The van der Waals surface area contributed by atoms with Gasteiger partial charge < -0.3 is 9.84 Å². The molecule has 0 aliphatic carbocycles. The maximum absolute atomic E-state index is 12.7. The van der Waals surface area contributed by atoms with Gasteiger partial charge in [-0.3, -0.25) is 14.6 Å². The zero-order valence-electron chi connectivity index (χ0n) is 15.0. The van der Waals surface area contributed by atoms with E-state index < -0.39 is 12.6 Å². The summed E-state index contributed by atoms with van der Waals surface area (Å²) in [5.74, 6) is -0.586. The number of likely N-dealkylation sites (N-methyl/N-ethyl adjacent to an activating group) is 1. The molecule has 0 amide bonds. The molecule has 1 aromatic carbocycles. The predicted molar refractivity (Wildman–Crippen MR) is 91.1 cm³/mol. The number of rotatable bonds is 7. The Kier molecular flexibility index (Phi) is 6.72. The lowest BCUT2D eigenvalue weighted by Gasteiger charge is -2.36. The van der Waals surface area contributed by atoms with Crippen LogP contribution < -0.4 is 4.74 Å². The number of ether oxygens (including phenoxy) is 1. The first-order valence-electron chi connectivity index (χ1n) is 8.45. The van der Waals surface area contributed by atoms with Crippen molar-refractivity contribution in [3.05, 3.63) is 28.8 Å². The Hall–Kier alpha value is -1.73. The molecule has 1 N–H and O–H groups in total. The summed E-state index contributed by atoms with van der Waals surface area (Å²) in [7, 11) is 1.83. The van der Waals surface area contributed by atoms with E-state index in [1.54, 1.807) is 6.07 Å². The quantitative estimate of drug-likeness (QED) is 0.814. The minimum atomic E-state index is -2.84. The molecule has 7 heteroatoms. The van der Waals surface area contributed by atoms with Crippen LogP contribution in [0.3, 0.4) is 0 Å². The van der Waals surface area contributed by atoms with E-state index in [1.807, 2.05) is 31.9 Å². The predicted octanol–water partition coefficient (Wildman–Crippen LogP) is 2.89. The number of piperidine rings is 1. The highest BCUT2D eigenvalue weighted by Crippen LogP contribution is 2.27. The summed E-state index contributed by atoms with van der Waals surface area (Å²) < 4.78 is 30.0. The largest absolute Gasteiger partial charge is 0.480 e. The van der Waals surface area contributed by atoms with Crippen LogP contribution in [0.1, 0.15) is 29.5 Å². The molecular weight excluding hydrogens is 330 g/mol. The number of carbonyl (C=O) groups is 1. The fourth-order valence-electron chi connectivity index (χ4n) is 3.28. The summed E-state index contributed by atoms with van der Waals surface area (Å²) in [6, 6.07) is 3.82. The second kappa shape index (κ2) is 8.58. The van der Waals surface area contributed by atoms with E-state index in [0.29, 0.717) is 6.54 Å². The molecule has 0 bridgehead atoms. The average Bonchev–Trinajstić information content (AvgIpc) is 2.51. The Balaban J connectivity index is 1.99. The number of carboxylic acid groups (broad SMARTS) is 1. The Bertz CT molecular complexity index is 602. The molecular formula is C18H26F2N2O3. The van der Waals surface area contributed by atoms with Crippen molar-refractivity contribution >= 4 is 5.97 Å². The van der Waals surface area contributed by atoms with Gasteiger partial charge in [-0.25, -0.2) is 0 Å². The molecule has 1 heterocycles. The molecule has 0 aromatic heterocycles. The fraction of sp³-hybridized carbons (Fsp3) is 0.611. The summed E-state index contributed by atoms with van der Waals surface area (Å²) in [4.78, 5) is 14.9. The summed E-state index contributed by atoms with van der Waals surface area (Å²) in [5, 5.41) is 8.88. The molecule has 1 aliphatic heterocycles. The van der Waals surface area contributed by atoms with Crippen molar-refractivity contribution in [1.82, 2.24) is 9.80 Å².